The predicted molar refractivity (Wildman–Crippen MR) is 113 cm³/mol. The summed E-state index contributed by atoms with van der Waals surface area (Å²) in [5.41, 5.74) is 2.56. The van der Waals surface area contributed by atoms with Crippen LogP contribution in [0.4, 0.5) is 0 Å². The summed E-state index contributed by atoms with van der Waals surface area (Å²) in [6, 6.07) is 12.8. The van der Waals surface area contributed by atoms with Gasteiger partial charge in [-0.15, -0.1) is 0 Å². The van der Waals surface area contributed by atoms with Crippen molar-refractivity contribution in [3.05, 3.63) is 64.3 Å². The molecule has 0 unspecified atom stereocenters. The van der Waals surface area contributed by atoms with Gasteiger partial charge in [-0.1, -0.05) is 29.8 Å². The highest BCUT2D eigenvalue weighted by molar-refractivity contribution is 6.32. The molecule has 1 amide bonds. The minimum Gasteiger partial charge on any atom is -0.503 e. The molecule has 0 bridgehead atoms. The van der Waals surface area contributed by atoms with Crippen LogP contribution in [0, 0.1) is 11.3 Å². The number of benzene rings is 2. The molecule has 148 valence electrons. The van der Waals surface area contributed by atoms with Crippen LogP contribution in [0.5, 0.6) is 11.5 Å². The molecule has 2 aromatic carbocycles. The zero-order valence-corrected chi connectivity index (χ0v) is 16.6. The highest BCUT2D eigenvalue weighted by atomic mass is 35.5. The number of carbonyl (C=O) groups is 1. The maximum Gasteiger partial charge on any atom is 0.261 e. The number of para-hydroxylation sites is 1. The van der Waals surface area contributed by atoms with E-state index in [0.717, 1.165) is 16.5 Å². The number of hydrogen-bond donors (Lipinski definition) is 3. The number of aromatic amines is 1. The van der Waals surface area contributed by atoms with Gasteiger partial charge in [0.2, 0.25) is 0 Å². The van der Waals surface area contributed by atoms with E-state index in [1.54, 1.807) is 6.92 Å². The molecule has 0 saturated heterocycles. The number of aromatic nitrogens is 1. The zero-order valence-electron chi connectivity index (χ0n) is 15.8. The van der Waals surface area contributed by atoms with Crippen molar-refractivity contribution in [1.29, 1.82) is 5.26 Å². The molecule has 7 heteroatoms. The van der Waals surface area contributed by atoms with Gasteiger partial charge in [-0.2, -0.15) is 5.26 Å². The van der Waals surface area contributed by atoms with Gasteiger partial charge < -0.3 is 20.1 Å². The van der Waals surface area contributed by atoms with Crippen LogP contribution in [-0.2, 0) is 11.2 Å². The standard InChI is InChI=1S/C22H20ClN3O3/c1-2-29-20-11-14(10-18(23)21(20)27)9-16(12-24)22(28)25-8-7-15-13-26-19-6-4-3-5-17(15)19/h3-6,9-11,13,26-27H,2,7-8H2,1H3,(H,25,28)/b16-9-. The number of nitriles is 1. The minimum absolute atomic E-state index is 0.0619. The number of halogens is 1. The number of phenolic OH excluding ortho intramolecular Hbond substituents is 1. The lowest BCUT2D eigenvalue weighted by Gasteiger charge is -2.09. The summed E-state index contributed by atoms with van der Waals surface area (Å²) in [6.45, 7) is 2.51. The van der Waals surface area contributed by atoms with Crippen LogP contribution in [-0.4, -0.2) is 29.1 Å². The van der Waals surface area contributed by atoms with E-state index in [1.807, 2.05) is 36.5 Å². The summed E-state index contributed by atoms with van der Waals surface area (Å²) < 4.78 is 5.33. The van der Waals surface area contributed by atoms with E-state index in [0.29, 0.717) is 25.1 Å². The first kappa shape index (κ1) is 20.3. The third-order valence-electron chi connectivity index (χ3n) is 4.38. The van der Waals surface area contributed by atoms with Crippen LogP contribution in [0.1, 0.15) is 18.1 Å². The van der Waals surface area contributed by atoms with E-state index in [2.05, 4.69) is 10.3 Å². The molecule has 3 N–H and O–H groups in total. The highest BCUT2D eigenvalue weighted by Crippen LogP contribution is 2.35. The summed E-state index contributed by atoms with van der Waals surface area (Å²) in [6.07, 6.45) is 3.97. The van der Waals surface area contributed by atoms with Gasteiger partial charge >= 0.3 is 0 Å². The van der Waals surface area contributed by atoms with Crippen LogP contribution in [0.15, 0.2) is 48.2 Å². The maximum atomic E-state index is 12.4. The largest absolute Gasteiger partial charge is 0.503 e. The van der Waals surface area contributed by atoms with Crippen LogP contribution >= 0.6 is 11.6 Å². The van der Waals surface area contributed by atoms with E-state index < -0.39 is 5.91 Å². The first-order valence-electron chi connectivity index (χ1n) is 9.13. The van der Waals surface area contributed by atoms with Crippen molar-refractivity contribution in [2.45, 2.75) is 13.3 Å². The van der Waals surface area contributed by atoms with Gasteiger partial charge in [-0.25, -0.2) is 0 Å². The quantitative estimate of drug-likeness (QED) is 0.402. The number of ether oxygens (including phenoxy) is 1. The topological polar surface area (TPSA) is 98.1 Å². The van der Waals surface area contributed by atoms with E-state index >= 15 is 0 Å². The Morgan fingerprint density at radius 3 is 2.93 bits per heavy atom. The van der Waals surface area contributed by atoms with Crippen molar-refractivity contribution in [2.75, 3.05) is 13.2 Å². The number of hydrogen-bond acceptors (Lipinski definition) is 4. The van der Waals surface area contributed by atoms with E-state index in [-0.39, 0.29) is 22.1 Å². The Labute approximate surface area is 173 Å². The number of nitrogens with zero attached hydrogens (tertiary/aromatic N) is 1. The SMILES string of the molecule is CCOc1cc(/C=C(/C#N)C(=O)NCCc2c[nH]c3ccccc23)cc(Cl)c1O. The first-order chi connectivity index (χ1) is 14.0. The number of rotatable bonds is 7. The molecule has 3 aromatic rings. The number of carbonyl (C=O) groups excluding carboxylic acids is 1. The van der Waals surface area contributed by atoms with Gasteiger partial charge in [0.15, 0.2) is 11.5 Å². The van der Waals surface area contributed by atoms with Crippen molar-refractivity contribution >= 4 is 34.5 Å². The zero-order chi connectivity index (χ0) is 20.8. The predicted octanol–water partition coefficient (Wildman–Crippen LogP) is 4.19. The molecule has 1 heterocycles. The van der Waals surface area contributed by atoms with Crippen molar-refractivity contribution in [3.63, 3.8) is 0 Å². The molecule has 3 rings (SSSR count). The highest BCUT2D eigenvalue weighted by Gasteiger charge is 2.13. The number of nitrogens with one attached hydrogen (secondary N) is 2. The Kier molecular flexibility index (Phi) is 6.43. The molecule has 0 aliphatic rings. The lowest BCUT2D eigenvalue weighted by Crippen LogP contribution is -2.26. The molecule has 0 saturated carbocycles. The molecule has 29 heavy (non-hydrogen) atoms. The van der Waals surface area contributed by atoms with Gasteiger partial charge in [0, 0.05) is 23.6 Å². The summed E-state index contributed by atoms with van der Waals surface area (Å²) in [7, 11) is 0. The molecule has 0 radical (unpaired) electrons. The summed E-state index contributed by atoms with van der Waals surface area (Å²) in [5.74, 6) is -0.454. The number of fused-ring (bicyclic) bond motifs is 1. The molecule has 6 nitrogen and oxygen atoms in total. The second kappa shape index (κ2) is 9.18. The fourth-order valence-corrected chi connectivity index (χ4v) is 3.22. The summed E-state index contributed by atoms with van der Waals surface area (Å²) in [5, 5.41) is 23.3. The second-order valence-corrected chi connectivity index (χ2v) is 6.72. The summed E-state index contributed by atoms with van der Waals surface area (Å²) in [4.78, 5) is 15.6. The normalized spacial score (nSPS) is 11.3. The Morgan fingerprint density at radius 2 is 2.17 bits per heavy atom. The Bertz CT molecular complexity index is 1110. The van der Waals surface area contributed by atoms with Crippen LogP contribution in [0.3, 0.4) is 0 Å². The fraction of sp³-hybridized carbons (Fsp3) is 0.182. The van der Waals surface area contributed by atoms with Crippen molar-refractivity contribution < 1.29 is 14.6 Å². The molecule has 0 fully saturated rings. The third-order valence-corrected chi connectivity index (χ3v) is 4.67. The Morgan fingerprint density at radius 1 is 1.38 bits per heavy atom. The number of aromatic hydroxyl groups is 1. The van der Waals surface area contributed by atoms with Crippen LogP contribution < -0.4 is 10.1 Å². The second-order valence-electron chi connectivity index (χ2n) is 6.32. The molecule has 0 atom stereocenters. The Hall–Kier alpha value is -3.43. The van der Waals surface area contributed by atoms with Gasteiger partial charge in [0.1, 0.15) is 11.6 Å². The van der Waals surface area contributed by atoms with Crippen molar-refractivity contribution in [2.24, 2.45) is 0 Å². The van der Waals surface area contributed by atoms with Gasteiger partial charge in [0.05, 0.1) is 11.6 Å². The van der Waals surface area contributed by atoms with E-state index in [9.17, 15) is 15.2 Å². The van der Waals surface area contributed by atoms with Crippen molar-refractivity contribution in [3.8, 4) is 17.6 Å². The molecule has 1 aromatic heterocycles. The Balaban J connectivity index is 1.69. The van der Waals surface area contributed by atoms with Crippen molar-refractivity contribution in [1.82, 2.24) is 10.3 Å². The molecule has 0 aliphatic carbocycles. The van der Waals surface area contributed by atoms with E-state index in [4.69, 9.17) is 16.3 Å². The van der Waals surface area contributed by atoms with Gasteiger partial charge in [-0.3, -0.25) is 4.79 Å². The number of H-pyrrole nitrogens is 1. The average molecular weight is 410 g/mol. The fourth-order valence-electron chi connectivity index (χ4n) is 3.00. The first-order valence-corrected chi connectivity index (χ1v) is 9.51. The number of phenols is 1. The smallest absolute Gasteiger partial charge is 0.261 e. The monoisotopic (exact) mass is 409 g/mol. The minimum atomic E-state index is -0.477. The molecule has 0 spiro atoms. The number of amides is 1. The third kappa shape index (κ3) is 4.71. The molecular weight excluding hydrogens is 390 g/mol. The van der Waals surface area contributed by atoms with Crippen LogP contribution in [0.2, 0.25) is 5.02 Å². The van der Waals surface area contributed by atoms with E-state index in [1.165, 1.54) is 18.2 Å². The average Bonchev–Trinajstić information content (AvgIpc) is 3.13. The lowest BCUT2D eigenvalue weighted by molar-refractivity contribution is -0.117. The molecule has 0 aliphatic heterocycles. The lowest BCUT2D eigenvalue weighted by atomic mass is 10.1. The van der Waals surface area contributed by atoms with Gasteiger partial charge in [0.25, 0.3) is 5.91 Å². The summed E-state index contributed by atoms with van der Waals surface area (Å²) >= 11 is 6.00. The molecular formula is C22H20ClN3O3. The maximum absolute atomic E-state index is 12.4. The van der Waals surface area contributed by atoms with Gasteiger partial charge in [-0.05, 0) is 48.7 Å². The van der Waals surface area contributed by atoms with Crippen LogP contribution in [0.25, 0.3) is 17.0 Å².